The van der Waals surface area contributed by atoms with Crippen LogP contribution in [-0.4, -0.2) is 29.2 Å². The Labute approximate surface area is 113 Å². The van der Waals surface area contributed by atoms with Gasteiger partial charge < -0.3 is 14.6 Å². The van der Waals surface area contributed by atoms with Gasteiger partial charge in [-0.3, -0.25) is 0 Å². The number of benzene rings is 1. The zero-order valence-corrected chi connectivity index (χ0v) is 11.2. The first kappa shape index (κ1) is 12.4. The van der Waals surface area contributed by atoms with E-state index < -0.39 is 0 Å². The second-order valence-electron chi connectivity index (χ2n) is 4.78. The third kappa shape index (κ3) is 2.55. The van der Waals surface area contributed by atoms with Crippen LogP contribution in [0.1, 0.15) is 24.3 Å². The van der Waals surface area contributed by atoms with E-state index in [9.17, 15) is 0 Å². The van der Waals surface area contributed by atoms with Crippen LogP contribution in [0.3, 0.4) is 0 Å². The number of nitrogens with one attached hydrogen (secondary N) is 1. The molecule has 4 heteroatoms. The summed E-state index contributed by atoms with van der Waals surface area (Å²) in [4.78, 5) is 4.28. The maximum Gasteiger partial charge on any atom is 0.112 e. The predicted molar refractivity (Wildman–Crippen MR) is 74.5 cm³/mol. The molecule has 0 bridgehead atoms. The Morgan fingerprint density at radius 2 is 2.42 bits per heavy atom. The average Bonchev–Trinajstić information content (AvgIpc) is 2.98. The fourth-order valence-corrected chi connectivity index (χ4v) is 2.44. The number of imidazole rings is 1. The third-order valence-electron chi connectivity index (χ3n) is 3.52. The van der Waals surface area contributed by atoms with Gasteiger partial charge in [-0.1, -0.05) is 19.1 Å². The first-order valence-electron chi connectivity index (χ1n) is 6.82. The number of aryl methyl sites for hydroxylation is 1. The van der Waals surface area contributed by atoms with Crippen molar-refractivity contribution in [3.05, 3.63) is 48.0 Å². The summed E-state index contributed by atoms with van der Waals surface area (Å²) >= 11 is 0. The summed E-state index contributed by atoms with van der Waals surface area (Å²) in [6, 6.07) is 8.57. The summed E-state index contributed by atoms with van der Waals surface area (Å²) in [5.41, 5.74) is 3.60. The van der Waals surface area contributed by atoms with Crippen molar-refractivity contribution in [1.29, 1.82) is 0 Å². The van der Waals surface area contributed by atoms with Crippen molar-refractivity contribution >= 4 is 0 Å². The molecule has 1 aromatic carbocycles. The van der Waals surface area contributed by atoms with Crippen molar-refractivity contribution in [3.8, 4) is 5.69 Å². The molecule has 0 aliphatic carbocycles. The highest BCUT2D eigenvalue weighted by Crippen LogP contribution is 2.22. The maximum absolute atomic E-state index is 5.82. The Balaban J connectivity index is 1.94. The lowest BCUT2D eigenvalue weighted by Gasteiger charge is -2.24. The largest absolute Gasteiger partial charge is 0.369 e. The van der Waals surface area contributed by atoms with Gasteiger partial charge >= 0.3 is 0 Å². The molecule has 1 fully saturated rings. The Morgan fingerprint density at radius 1 is 1.47 bits per heavy atom. The van der Waals surface area contributed by atoms with E-state index in [0.717, 1.165) is 37.5 Å². The second-order valence-corrected chi connectivity index (χ2v) is 4.78. The molecule has 1 aliphatic rings. The van der Waals surface area contributed by atoms with Gasteiger partial charge in [-0.2, -0.15) is 0 Å². The van der Waals surface area contributed by atoms with E-state index >= 15 is 0 Å². The molecule has 1 unspecified atom stereocenters. The monoisotopic (exact) mass is 257 g/mol. The van der Waals surface area contributed by atoms with Crippen molar-refractivity contribution in [1.82, 2.24) is 14.9 Å². The SMILES string of the molecule is CCc1cccc(-n2cncc2C2CNCCO2)c1. The van der Waals surface area contributed by atoms with E-state index in [-0.39, 0.29) is 6.10 Å². The topological polar surface area (TPSA) is 39.1 Å². The molecule has 100 valence electrons. The maximum atomic E-state index is 5.82. The summed E-state index contributed by atoms with van der Waals surface area (Å²) in [6.45, 7) is 4.70. The molecule has 2 heterocycles. The molecule has 2 aromatic rings. The molecular weight excluding hydrogens is 238 g/mol. The van der Waals surface area contributed by atoms with Crippen LogP contribution in [0.15, 0.2) is 36.8 Å². The first-order valence-corrected chi connectivity index (χ1v) is 6.82. The normalized spacial score (nSPS) is 19.5. The number of rotatable bonds is 3. The van der Waals surface area contributed by atoms with Crippen LogP contribution >= 0.6 is 0 Å². The molecule has 0 spiro atoms. The zero-order chi connectivity index (χ0) is 13.1. The minimum absolute atomic E-state index is 0.0848. The van der Waals surface area contributed by atoms with Crippen LogP contribution in [-0.2, 0) is 11.2 Å². The summed E-state index contributed by atoms with van der Waals surface area (Å²) in [5.74, 6) is 0. The van der Waals surface area contributed by atoms with Gasteiger partial charge in [0.15, 0.2) is 0 Å². The molecule has 1 saturated heterocycles. The van der Waals surface area contributed by atoms with Gasteiger partial charge in [0, 0.05) is 18.8 Å². The van der Waals surface area contributed by atoms with Crippen LogP contribution in [0.25, 0.3) is 5.69 Å². The minimum atomic E-state index is 0.0848. The van der Waals surface area contributed by atoms with E-state index in [4.69, 9.17) is 4.74 Å². The zero-order valence-electron chi connectivity index (χ0n) is 11.2. The van der Waals surface area contributed by atoms with Crippen LogP contribution < -0.4 is 5.32 Å². The van der Waals surface area contributed by atoms with Gasteiger partial charge in [-0.25, -0.2) is 4.98 Å². The minimum Gasteiger partial charge on any atom is -0.369 e. The number of morpholine rings is 1. The van der Waals surface area contributed by atoms with Gasteiger partial charge in [-0.05, 0) is 24.1 Å². The van der Waals surface area contributed by atoms with Crippen molar-refractivity contribution in [3.63, 3.8) is 0 Å². The Hall–Kier alpha value is -1.65. The van der Waals surface area contributed by atoms with Gasteiger partial charge in [0.2, 0.25) is 0 Å². The number of hydrogen-bond acceptors (Lipinski definition) is 3. The lowest BCUT2D eigenvalue weighted by Crippen LogP contribution is -2.34. The molecule has 1 aliphatic heterocycles. The third-order valence-corrected chi connectivity index (χ3v) is 3.52. The smallest absolute Gasteiger partial charge is 0.112 e. The molecule has 1 aromatic heterocycles. The molecule has 0 radical (unpaired) electrons. The number of hydrogen-bond donors (Lipinski definition) is 1. The quantitative estimate of drug-likeness (QED) is 0.915. The fourth-order valence-electron chi connectivity index (χ4n) is 2.44. The fraction of sp³-hybridized carbons (Fsp3) is 0.400. The average molecular weight is 257 g/mol. The summed E-state index contributed by atoms with van der Waals surface area (Å²) in [5, 5.41) is 3.36. The van der Waals surface area contributed by atoms with E-state index in [0.29, 0.717) is 0 Å². The van der Waals surface area contributed by atoms with Crippen LogP contribution in [0, 0.1) is 0 Å². The van der Waals surface area contributed by atoms with E-state index in [2.05, 4.69) is 46.1 Å². The molecule has 4 nitrogen and oxygen atoms in total. The highest BCUT2D eigenvalue weighted by Gasteiger charge is 2.20. The van der Waals surface area contributed by atoms with Crippen LogP contribution in [0.2, 0.25) is 0 Å². The van der Waals surface area contributed by atoms with Gasteiger partial charge in [0.25, 0.3) is 0 Å². The predicted octanol–water partition coefficient (Wildman–Crippen LogP) is 2.10. The standard InChI is InChI=1S/C15H19N3O/c1-2-12-4-3-5-13(8-12)18-11-17-9-14(18)15-10-16-6-7-19-15/h3-5,8-9,11,15-16H,2,6-7,10H2,1H3. The molecule has 3 rings (SSSR count). The Kier molecular flexibility index (Phi) is 3.62. The number of ether oxygens (including phenoxy) is 1. The highest BCUT2D eigenvalue weighted by molar-refractivity contribution is 5.38. The van der Waals surface area contributed by atoms with Crippen molar-refractivity contribution < 1.29 is 4.74 Å². The Morgan fingerprint density at radius 3 is 3.21 bits per heavy atom. The molecule has 0 saturated carbocycles. The number of nitrogens with zero attached hydrogens (tertiary/aromatic N) is 2. The van der Waals surface area contributed by atoms with Crippen molar-refractivity contribution in [2.24, 2.45) is 0 Å². The first-order chi connectivity index (χ1) is 9.38. The Bertz CT molecular complexity index is 544. The van der Waals surface area contributed by atoms with Gasteiger partial charge in [-0.15, -0.1) is 0 Å². The van der Waals surface area contributed by atoms with Crippen molar-refractivity contribution in [2.75, 3.05) is 19.7 Å². The lowest BCUT2D eigenvalue weighted by molar-refractivity contribution is 0.0240. The summed E-state index contributed by atoms with van der Waals surface area (Å²) in [7, 11) is 0. The van der Waals surface area contributed by atoms with Gasteiger partial charge in [0.05, 0.1) is 24.8 Å². The molecule has 0 amide bonds. The van der Waals surface area contributed by atoms with Gasteiger partial charge in [0.1, 0.15) is 6.10 Å². The van der Waals surface area contributed by atoms with E-state index in [1.54, 1.807) is 0 Å². The number of aromatic nitrogens is 2. The van der Waals surface area contributed by atoms with E-state index in [1.807, 2.05) is 12.5 Å². The molecule has 19 heavy (non-hydrogen) atoms. The second kappa shape index (κ2) is 5.55. The molecular formula is C15H19N3O. The van der Waals surface area contributed by atoms with Crippen molar-refractivity contribution in [2.45, 2.75) is 19.4 Å². The summed E-state index contributed by atoms with van der Waals surface area (Å²) in [6.07, 6.45) is 4.89. The highest BCUT2D eigenvalue weighted by atomic mass is 16.5. The molecule has 1 N–H and O–H groups in total. The van der Waals surface area contributed by atoms with Crippen LogP contribution in [0.4, 0.5) is 0 Å². The molecule has 1 atom stereocenters. The summed E-state index contributed by atoms with van der Waals surface area (Å²) < 4.78 is 7.94. The lowest BCUT2D eigenvalue weighted by atomic mass is 10.1. The van der Waals surface area contributed by atoms with E-state index in [1.165, 1.54) is 5.56 Å². The van der Waals surface area contributed by atoms with Crippen LogP contribution in [0.5, 0.6) is 0 Å².